The highest BCUT2D eigenvalue weighted by Crippen LogP contribution is 2.22. The summed E-state index contributed by atoms with van der Waals surface area (Å²) in [5.74, 6) is 0.577. The molecule has 0 saturated heterocycles. The van der Waals surface area contributed by atoms with E-state index < -0.39 is 10.0 Å². The number of aryl methyl sites for hydroxylation is 1. The average Bonchev–Trinajstić information content (AvgIpc) is 2.50. The Labute approximate surface area is 147 Å². The van der Waals surface area contributed by atoms with E-state index in [4.69, 9.17) is 16.3 Å². The monoisotopic (exact) mass is 366 g/mol. The number of hydrogen-bond acceptors (Lipinski definition) is 4. The topological polar surface area (TPSA) is 67.8 Å². The number of rotatable bonds is 6. The maximum Gasteiger partial charge on any atom is 0.276 e. The van der Waals surface area contributed by atoms with E-state index in [-0.39, 0.29) is 11.0 Å². The predicted octanol–water partition coefficient (Wildman–Crippen LogP) is 3.75. The molecule has 7 heteroatoms. The van der Waals surface area contributed by atoms with E-state index in [2.05, 4.69) is 9.93 Å². The second-order valence-electron chi connectivity index (χ2n) is 5.51. The molecule has 2 aromatic carbocycles. The molecule has 0 bridgehead atoms. The summed E-state index contributed by atoms with van der Waals surface area (Å²) in [5, 5.41) is 4.33. The van der Waals surface area contributed by atoms with Gasteiger partial charge in [-0.3, -0.25) is 0 Å². The van der Waals surface area contributed by atoms with E-state index in [0.717, 1.165) is 5.56 Å². The molecule has 0 atom stereocenters. The van der Waals surface area contributed by atoms with Gasteiger partial charge in [-0.15, -0.1) is 0 Å². The van der Waals surface area contributed by atoms with Gasteiger partial charge in [0.2, 0.25) is 0 Å². The van der Waals surface area contributed by atoms with Crippen LogP contribution in [-0.4, -0.2) is 20.7 Å². The molecular weight excluding hydrogens is 348 g/mol. The Kier molecular flexibility index (Phi) is 5.85. The number of ether oxygens (including phenoxy) is 1. The number of sulfonamides is 1. The van der Waals surface area contributed by atoms with Gasteiger partial charge in [0.15, 0.2) is 0 Å². The molecule has 0 spiro atoms. The van der Waals surface area contributed by atoms with Crippen molar-refractivity contribution in [2.75, 3.05) is 0 Å². The normalized spacial score (nSPS) is 11.9. The van der Waals surface area contributed by atoms with Gasteiger partial charge in [0.25, 0.3) is 10.0 Å². The van der Waals surface area contributed by atoms with Gasteiger partial charge in [-0.05, 0) is 51.1 Å². The minimum Gasteiger partial charge on any atom is -0.490 e. The van der Waals surface area contributed by atoms with Gasteiger partial charge in [0, 0.05) is 10.6 Å². The zero-order valence-electron chi connectivity index (χ0n) is 13.7. The van der Waals surface area contributed by atoms with Gasteiger partial charge in [-0.2, -0.15) is 13.5 Å². The number of halogens is 1. The number of nitrogens with zero attached hydrogens (tertiary/aromatic N) is 1. The van der Waals surface area contributed by atoms with Gasteiger partial charge in [0.1, 0.15) is 5.75 Å². The summed E-state index contributed by atoms with van der Waals surface area (Å²) in [6.07, 6.45) is 1.34. The molecule has 5 nitrogen and oxygen atoms in total. The van der Waals surface area contributed by atoms with Gasteiger partial charge in [-0.25, -0.2) is 4.83 Å². The Bertz CT molecular complexity index is 831. The van der Waals surface area contributed by atoms with Crippen molar-refractivity contribution in [3.05, 3.63) is 58.6 Å². The van der Waals surface area contributed by atoms with Crippen LogP contribution in [0.25, 0.3) is 0 Å². The lowest BCUT2D eigenvalue weighted by molar-refractivity contribution is 0.242. The van der Waals surface area contributed by atoms with Crippen LogP contribution in [-0.2, 0) is 10.0 Å². The SMILES string of the molecule is Cc1ccc(S(=O)(=O)N/N=C\c2cc(Cl)ccc2OC(C)C)cc1. The van der Waals surface area contributed by atoms with Crippen molar-refractivity contribution in [3.8, 4) is 5.75 Å². The number of nitrogens with one attached hydrogen (secondary N) is 1. The lowest BCUT2D eigenvalue weighted by atomic mass is 10.2. The van der Waals surface area contributed by atoms with Crippen molar-refractivity contribution in [1.29, 1.82) is 0 Å². The summed E-state index contributed by atoms with van der Waals surface area (Å²) >= 11 is 5.98. The van der Waals surface area contributed by atoms with Gasteiger partial charge >= 0.3 is 0 Å². The maximum absolute atomic E-state index is 12.2. The molecule has 0 amide bonds. The van der Waals surface area contributed by atoms with E-state index in [9.17, 15) is 8.42 Å². The molecule has 0 fully saturated rings. The van der Waals surface area contributed by atoms with Crippen molar-refractivity contribution >= 4 is 27.8 Å². The molecular formula is C17H19ClN2O3S. The Morgan fingerprint density at radius 2 is 1.83 bits per heavy atom. The summed E-state index contributed by atoms with van der Waals surface area (Å²) in [7, 11) is -3.71. The van der Waals surface area contributed by atoms with Crippen LogP contribution >= 0.6 is 11.6 Å². The molecule has 24 heavy (non-hydrogen) atoms. The Balaban J connectivity index is 2.19. The zero-order valence-corrected chi connectivity index (χ0v) is 15.2. The van der Waals surface area contributed by atoms with Crippen LogP contribution in [0.5, 0.6) is 5.75 Å². The molecule has 0 aromatic heterocycles. The third-order valence-electron chi connectivity index (χ3n) is 3.04. The second kappa shape index (κ2) is 7.68. The van der Waals surface area contributed by atoms with Crippen LogP contribution in [0.2, 0.25) is 5.02 Å². The van der Waals surface area contributed by atoms with Crippen LogP contribution in [0, 0.1) is 6.92 Å². The minimum atomic E-state index is -3.71. The van der Waals surface area contributed by atoms with E-state index in [1.165, 1.54) is 18.3 Å². The molecule has 0 saturated carbocycles. The number of benzene rings is 2. The highest BCUT2D eigenvalue weighted by atomic mass is 35.5. The molecule has 0 aliphatic carbocycles. The largest absolute Gasteiger partial charge is 0.490 e. The van der Waals surface area contributed by atoms with Gasteiger partial charge in [-0.1, -0.05) is 29.3 Å². The fraction of sp³-hybridized carbons (Fsp3) is 0.235. The molecule has 0 heterocycles. The summed E-state index contributed by atoms with van der Waals surface area (Å²) in [6.45, 7) is 5.68. The minimum absolute atomic E-state index is 0.0254. The quantitative estimate of drug-likeness (QED) is 0.625. The first kappa shape index (κ1) is 18.3. The molecule has 0 aliphatic heterocycles. The standard InChI is InChI=1S/C17H19ClN2O3S/c1-12(2)23-17-9-6-15(18)10-14(17)11-19-20-24(21,22)16-7-4-13(3)5-8-16/h4-12,20H,1-3H3/b19-11-. The highest BCUT2D eigenvalue weighted by molar-refractivity contribution is 7.89. The maximum atomic E-state index is 12.2. The summed E-state index contributed by atoms with van der Waals surface area (Å²) in [5.41, 5.74) is 1.56. The second-order valence-corrected chi connectivity index (χ2v) is 7.61. The van der Waals surface area contributed by atoms with Crippen molar-refractivity contribution in [3.63, 3.8) is 0 Å². The molecule has 2 rings (SSSR count). The molecule has 0 radical (unpaired) electrons. The van der Waals surface area contributed by atoms with Crippen molar-refractivity contribution in [2.24, 2.45) is 5.10 Å². The Hall–Kier alpha value is -2.05. The first-order valence-electron chi connectivity index (χ1n) is 7.35. The summed E-state index contributed by atoms with van der Waals surface area (Å²) < 4.78 is 30.0. The smallest absolute Gasteiger partial charge is 0.276 e. The van der Waals surface area contributed by atoms with Crippen molar-refractivity contribution < 1.29 is 13.2 Å². The van der Waals surface area contributed by atoms with Crippen molar-refractivity contribution in [1.82, 2.24) is 4.83 Å². The Morgan fingerprint density at radius 3 is 2.46 bits per heavy atom. The lowest BCUT2D eigenvalue weighted by Gasteiger charge is -2.12. The lowest BCUT2D eigenvalue weighted by Crippen LogP contribution is -2.18. The molecule has 0 unspecified atom stereocenters. The molecule has 2 aromatic rings. The fourth-order valence-electron chi connectivity index (χ4n) is 1.92. The van der Waals surface area contributed by atoms with Gasteiger partial charge in [0.05, 0.1) is 17.2 Å². The van der Waals surface area contributed by atoms with Crippen LogP contribution in [0.4, 0.5) is 0 Å². The van der Waals surface area contributed by atoms with E-state index in [0.29, 0.717) is 16.3 Å². The first-order chi connectivity index (χ1) is 11.3. The van der Waals surface area contributed by atoms with Gasteiger partial charge < -0.3 is 4.74 Å². The summed E-state index contributed by atoms with van der Waals surface area (Å²) in [6, 6.07) is 11.6. The fourth-order valence-corrected chi connectivity index (χ4v) is 2.89. The van der Waals surface area contributed by atoms with E-state index in [1.54, 1.807) is 30.3 Å². The van der Waals surface area contributed by atoms with E-state index >= 15 is 0 Å². The molecule has 0 aliphatic rings. The van der Waals surface area contributed by atoms with Crippen molar-refractivity contribution in [2.45, 2.75) is 31.8 Å². The van der Waals surface area contributed by atoms with Crippen LogP contribution in [0.3, 0.4) is 0 Å². The summed E-state index contributed by atoms with van der Waals surface area (Å²) in [4.78, 5) is 2.33. The predicted molar refractivity (Wildman–Crippen MR) is 96.3 cm³/mol. The van der Waals surface area contributed by atoms with E-state index in [1.807, 2.05) is 20.8 Å². The Morgan fingerprint density at radius 1 is 1.17 bits per heavy atom. The molecule has 128 valence electrons. The third-order valence-corrected chi connectivity index (χ3v) is 4.52. The van der Waals surface area contributed by atoms with Crippen LogP contribution < -0.4 is 9.57 Å². The third kappa shape index (κ3) is 4.97. The van der Waals surface area contributed by atoms with Crippen LogP contribution in [0.15, 0.2) is 52.5 Å². The number of hydrogen-bond donors (Lipinski definition) is 1. The van der Waals surface area contributed by atoms with Crippen LogP contribution in [0.1, 0.15) is 25.0 Å². The first-order valence-corrected chi connectivity index (χ1v) is 9.22. The molecule has 1 N–H and O–H groups in total. The number of hydrazone groups is 1. The average molecular weight is 367 g/mol. The zero-order chi connectivity index (χ0) is 17.7. The highest BCUT2D eigenvalue weighted by Gasteiger charge is 2.12.